The van der Waals surface area contributed by atoms with Gasteiger partial charge in [-0.15, -0.1) is 0 Å². The predicted octanol–water partition coefficient (Wildman–Crippen LogP) is 5.14. The zero-order valence-electron chi connectivity index (χ0n) is 14.2. The summed E-state index contributed by atoms with van der Waals surface area (Å²) in [6.07, 6.45) is 7.42. The highest BCUT2D eigenvalue weighted by molar-refractivity contribution is 5.90. The Morgan fingerprint density at radius 1 is 1.04 bits per heavy atom. The Hall–Kier alpha value is -3.01. The lowest BCUT2D eigenvalue weighted by Crippen LogP contribution is -2.01. The molecule has 0 aliphatic heterocycles. The van der Waals surface area contributed by atoms with E-state index in [-0.39, 0.29) is 11.3 Å². The number of hydrogen-bond donors (Lipinski definition) is 1. The average Bonchev–Trinajstić information content (AvgIpc) is 2.65. The highest BCUT2D eigenvalue weighted by Gasteiger charge is 2.10. The van der Waals surface area contributed by atoms with Gasteiger partial charge in [0.1, 0.15) is 17.6 Å². The lowest BCUT2D eigenvalue weighted by Gasteiger charge is -2.11. The van der Waals surface area contributed by atoms with Crippen molar-refractivity contribution in [3.05, 3.63) is 84.1 Å². The van der Waals surface area contributed by atoms with Crippen molar-refractivity contribution in [3.63, 3.8) is 0 Å². The Labute approximate surface area is 148 Å². The van der Waals surface area contributed by atoms with Crippen LogP contribution in [0.15, 0.2) is 73.0 Å². The van der Waals surface area contributed by atoms with Crippen LogP contribution in [0.5, 0.6) is 5.75 Å². The normalized spacial score (nSPS) is 11.5. The van der Waals surface area contributed by atoms with Crippen molar-refractivity contribution in [2.75, 3.05) is 6.61 Å². The smallest absolute Gasteiger partial charge is 0.339 e. The van der Waals surface area contributed by atoms with Gasteiger partial charge in [-0.25, -0.2) is 4.79 Å². The number of carbonyl (C=O) groups is 1. The second-order valence-corrected chi connectivity index (χ2v) is 5.28. The van der Waals surface area contributed by atoms with Crippen molar-refractivity contribution in [2.45, 2.75) is 19.8 Å². The highest BCUT2D eigenvalue weighted by Crippen LogP contribution is 2.21. The molecule has 2 aromatic rings. The van der Waals surface area contributed by atoms with Gasteiger partial charge in [0, 0.05) is 5.56 Å². The van der Waals surface area contributed by atoms with Crippen LogP contribution in [0.3, 0.4) is 0 Å². The second-order valence-electron chi connectivity index (χ2n) is 5.28. The summed E-state index contributed by atoms with van der Waals surface area (Å²) in [7, 11) is 0. The summed E-state index contributed by atoms with van der Waals surface area (Å²) in [5.74, 6) is -0.195. The third-order valence-corrected chi connectivity index (χ3v) is 3.41. The molecule has 1 N–H and O–H groups in total. The topological polar surface area (TPSA) is 55.8 Å². The third kappa shape index (κ3) is 5.84. The third-order valence-electron chi connectivity index (χ3n) is 3.41. The first-order valence-electron chi connectivity index (χ1n) is 8.24. The molecule has 0 fully saturated rings. The molecule has 0 heterocycles. The summed E-state index contributed by atoms with van der Waals surface area (Å²) in [6.45, 7) is 2.60. The number of aromatic carboxylic acids is 1. The van der Waals surface area contributed by atoms with Gasteiger partial charge in [-0.1, -0.05) is 61.5 Å². The van der Waals surface area contributed by atoms with Gasteiger partial charge >= 0.3 is 5.97 Å². The second kappa shape index (κ2) is 9.98. The Morgan fingerprint density at radius 3 is 2.48 bits per heavy atom. The molecule has 0 aliphatic carbocycles. The van der Waals surface area contributed by atoms with Gasteiger partial charge < -0.3 is 14.6 Å². The van der Waals surface area contributed by atoms with Crippen molar-refractivity contribution >= 4 is 11.7 Å². The molecule has 0 atom stereocenters. The largest absolute Gasteiger partial charge is 0.489 e. The predicted molar refractivity (Wildman–Crippen MR) is 98.4 cm³/mol. The van der Waals surface area contributed by atoms with Crippen LogP contribution in [0.4, 0.5) is 0 Å². The Morgan fingerprint density at radius 2 is 1.76 bits per heavy atom. The summed E-state index contributed by atoms with van der Waals surface area (Å²) >= 11 is 0. The summed E-state index contributed by atoms with van der Waals surface area (Å²) in [5.41, 5.74) is 0.979. The number of benzene rings is 2. The van der Waals surface area contributed by atoms with Crippen LogP contribution in [0, 0.1) is 0 Å². The number of ether oxygens (including phenoxy) is 2. The van der Waals surface area contributed by atoms with Gasteiger partial charge in [-0.2, -0.15) is 0 Å². The summed E-state index contributed by atoms with van der Waals surface area (Å²) in [5, 5.41) is 9.23. The highest BCUT2D eigenvalue weighted by atomic mass is 16.5. The lowest BCUT2D eigenvalue weighted by molar-refractivity contribution is 0.0694. The van der Waals surface area contributed by atoms with E-state index in [4.69, 9.17) is 9.47 Å². The summed E-state index contributed by atoms with van der Waals surface area (Å²) < 4.78 is 11.4. The molecule has 0 amide bonds. The quantitative estimate of drug-likeness (QED) is 0.391. The lowest BCUT2D eigenvalue weighted by atomic mass is 10.2. The number of allylic oxidation sites excluding steroid dienone is 1. The first-order chi connectivity index (χ1) is 12.2. The minimum absolute atomic E-state index is 0.108. The van der Waals surface area contributed by atoms with Gasteiger partial charge in [-0.05, 0) is 25.0 Å². The molecule has 0 aromatic heterocycles. The van der Waals surface area contributed by atoms with Crippen molar-refractivity contribution in [3.8, 4) is 5.75 Å². The van der Waals surface area contributed by atoms with Crippen molar-refractivity contribution in [1.29, 1.82) is 0 Å². The average molecular weight is 338 g/mol. The van der Waals surface area contributed by atoms with Crippen molar-refractivity contribution in [1.82, 2.24) is 0 Å². The molecule has 0 spiro atoms. The monoisotopic (exact) mass is 338 g/mol. The molecule has 2 rings (SSSR count). The minimum Gasteiger partial charge on any atom is -0.489 e. The van der Waals surface area contributed by atoms with Gasteiger partial charge in [0.15, 0.2) is 5.76 Å². The molecule has 0 saturated heterocycles. The molecular formula is C21H22O4. The van der Waals surface area contributed by atoms with Gasteiger partial charge in [0.05, 0.1) is 6.61 Å². The number of hydrogen-bond acceptors (Lipinski definition) is 3. The molecule has 2 aromatic carbocycles. The number of para-hydroxylation sites is 1. The van der Waals surface area contributed by atoms with Crippen molar-refractivity contribution < 1.29 is 19.4 Å². The summed E-state index contributed by atoms with van der Waals surface area (Å²) in [6, 6.07) is 16.1. The Kier molecular flexibility index (Phi) is 7.32. The Bertz CT molecular complexity index is 733. The molecule has 4 nitrogen and oxygen atoms in total. The van der Waals surface area contributed by atoms with Crippen LogP contribution in [-0.2, 0) is 4.74 Å². The first kappa shape index (κ1) is 18.3. The standard InChI is InChI=1S/C21H22O4/c1-2-3-4-10-15-24-20(17-11-6-5-7-12-17)16-25-19-14-9-8-13-18(19)21(22)23/h3-9,11-14,16H,2,10,15H2,1H3,(H,22,23)/b4-3-,20-16?. The first-order valence-corrected chi connectivity index (χ1v) is 8.24. The number of rotatable bonds is 9. The maximum Gasteiger partial charge on any atom is 0.339 e. The van der Waals surface area contributed by atoms with Gasteiger partial charge in [-0.3, -0.25) is 0 Å². The van der Waals surface area contributed by atoms with E-state index in [2.05, 4.69) is 19.1 Å². The molecule has 130 valence electrons. The maximum atomic E-state index is 11.3. The van der Waals surface area contributed by atoms with Crippen LogP contribution in [-0.4, -0.2) is 17.7 Å². The fraction of sp³-hybridized carbons (Fsp3) is 0.190. The van der Waals surface area contributed by atoms with E-state index in [0.717, 1.165) is 18.4 Å². The molecule has 4 heteroatoms. The fourth-order valence-electron chi connectivity index (χ4n) is 2.17. The van der Waals surface area contributed by atoms with E-state index in [1.165, 1.54) is 12.3 Å². The van der Waals surface area contributed by atoms with Crippen molar-refractivity contribution in [2.24, 2.45) is 0 Å². The zero-order valence-corrected chi connectivity index (χ0v) is 14.2. The van der Waals surface area contributed by atoms with E-state index in [1.54, 1.807) is 18.2 Å². The molecule has 0 bridgehead atoms. The van der Waals surface area contributed by atoms with E-state index in [0.29, 0.717) is 12.4 Å². The zero-order chi connectivity index (χ0) is 17.9. The fourth-order valence-corrected chi connectivity index (χ4v) is 2.17. The molecule has 0 saturated carbocycles. The molecule has 25 heavy (non-hydrogen) atoms. The van der Waals surface area contributed by atoms with Gasteiger partial charge in [0.2, 0.25) is 0 Å². The maximum absolute atomic E-state index is 11.3. The number of carboxylic acid groups (broad SMARTS) is 1. The molecule has 0 aliphatic rings. The van der Waals surface area contributed by atoms with Crippen LogP contribution < -0.4 is 4.74 Å². The van der Waals surface area contributed by atoms with Crippen LogP contribution in [0.2, 0.25) is 0 Å². The molecular weight excluding hydrogens is 316 g/mol. The van der Waals surface area contributed by atoms with Crippen LogP contribution in [0.25, 0.3) is 5.76 Å². The van der Waals surface area contributed by atoms with Crippen LogP contribution >= 0.6 is 0 Å². The Balaban J connectivity index is 2.16. The molecule has 0 radical (unpaired) electrons. The van der Waals surface area contributed by atoms with E-state index < -0.39 is 5.97 Å². The van der Waals surface area contributed by atoms with Gasteiger partial charge in [0.25, 0.3) is 0 Å². The van der Waals surface area contributed by atoms with Crippen LogP contribution in [0.1, 0.15) is 35.7 Å². The van der Waals surface area contributed by atoms with E-state index in [9.17, 15) is 9.90 Å². The van der Waals surface area contributed by atoms with E-state index in [1.807, 2.05) is 30.3 Å². The minimum atomic E-state index is -1.03. The summed E-state index contributed by atoms with van der Waals surface area (Å²) in [4.78, 5) is 11.3. The van der Waals surface area contributed by atoms with E-state index >= 15 is 0 Å². The SMILES string of the molecule is CC/C=C\CCOC(=COc1ccccc1C(=O)O)c1ccccc1. The molecule has 0 unspecified atom stereocenters. The number of carboxylic acids is 1.